The fourth-order valence-corrected chi connectivity index (χ4v) is 5.36. The number of carbonyl (C=O) groups excluding carboxylic acids is 2. The lowest BCUT2D eigenvalue weighted by molar-refractivity contribution is -0.139. The van der Waals surface area contributed by atoms with Gasteiger partial charge >= 0.3 is 0 Å². The van der Waals surface area contributed by atoms with Crippen LogP contribution in [0.2, 0.25) is 0 Å². The van der Waals surface area contributed by atoms with Crippen LogP contribution >= 0.6 is 0 Å². The lowest BCUT2D eigenvalue weighted by Crippen LogP contribution is -2.51. The predicted molar refractivity (Wildman–Crippen MR) is 153 cm³/mol. The summed E-state index contributed by atoms with van der Waals surface area (Å²) >= 11 is 0. The van der Waals surface area contributed by atoms with Gasteiger partial charge in [-0.1, -0.05) is 61.9 Å². The van der Waals surface area contributed by atoms with Crippen LogP contribution in [0.3, 0.4) is 0 Å². The molecule has 0 saturated heterocycles. The zero-order chi connectivity index (χ0) is 28.6. The molecule has 1 N–H and O–H groups in total. The minimum atomic E-state index is -4.10. The summed E-state index contributed by atoms with van der Waals surface area (Å²) in [6, 6.07) is 21.3. The quantitative estimate of drug-likeness (QED) is 0.360. The summed E-state index contributed by atoms with van der Waals surface area (Å²) in [5.74, 6) is -0.00766. The predicted octanol–water partition coefficient (Wildman–Crippen LogP) is 4.39. The highest BCUT2D eigenvalue weighted by molar-refractivity contribution is 7.92. The number of hydrogen-bond acceptors (Lipinski definition) is 5. The van der Waals surface area contributed by atoms with Crippen molar-refractivity contribution in [2.24, 2.45) is 5.92 Å². The number of sulfonamides is 1. The molecule has 0 aliphatic rings. The van der Waals surface area contributed by atoms with Crippen LogP contribution in [-0.4, -0.2) is 51.4 Å². The number of benzene rings is 3. The molecule has 9 heteroatoms. The first kappa shape index (κ1) is 29.7. The molecule has 0 saturated carbocycles. The van der Waals surface area contributed by atoms with Gasteiger partial charge in [-0.05, 0) is 61.7 Å². The summed E-state index contributed by atoms with van der Waals surface area (Å²) in [5.41, 5.74) is 2.21. The number of ether oxygens (including phenoxy) is 1. The smallest absolute Gasteiger partial charge is 0.264 e. The van der Waals surface area contributed by atoms with Crippen LogP contribution < -0.4 is 14.4 Å². The van der Waals surface area contributed by atoms with E-state index >= 15 is 0 Å². The Hall–Kier alpha value is -3.85. The van der Waals surface area contributed by atoms with E-state index < -0.39 is 28.5 Å². The van der Waals surface area contributed by atoms with Gasteiger partial charge in [-0.2, -0.15) is 0 Å². The van der Waals surface area contributed by atoms with E-state index in [1.165, 1.54) is 24.1 Å². The molecule has 208 valence electrons. The fraction of sp³-hybridized carbons (Fsp3) is 0.333. The number of nitrogens with one attached hydrogen (secondary N) is 1. The van der Waals surface area contributed by atoms with E-state index in [4.69, 9.17) is 4.74 Å². The first-order valence-electron chi connectivity index (χ1n) is 12.9. The molecule has 0 aromatic heterocycles. The molecule has 0 radical (unpaired) electrons. The molecule has 0 fully saturated rings. The van der Waals surface area contributed by atoms with Crippen LogP contribution in [0.1, 0.15) is 31.9 Å². The van der Waals surface area contributed by atoms with Crippen molar-refractivity contribution in [1.82, 2.24) is 10.2 Å². The van der Waals surface area contributed by atoms with E-state index in [1.807, 2.05) is 45.0 Å². The molecule has 0 heterocycles. The molecule has 2 amide bonds. The third-order valence-electron chi connectivity index (χ3n) is 6.30. The molecular weight excluding hydrogens is 514 g/mol. The van der Waals surface area contributed by atoms with Crippen LogP contribution in [0.5, 0.6) is 5.75 Å². The van der Waals surface area contributed by atoms with E-state index in [2.05, 4.69) is 5.32 Å². The maximum Gasteiger partial charge on any atom is 0.264 e. The Morgan fingerprint density at radius 1 is 0.897 bits per heavy atom. The Kier molecular flexibility index (Phi) is 10.1. The molecule has 0 spiro atoms. The Balaban J connectivity index is 1.99. The molecule has 0 aliphatic carbocycles. The van der Waals surface area contributed by atoms with Gasteiger partial charge in [0, 0.05) is 13.1 Å². The van der Waals surface area contributed by atoms with E-state index in [0.717, 1.165) is 15.4 Å². The maximum atomic E-state index is 13.9. The second-order valence-corrected chi connectivity index (χ2v) is 11.7. The lowest BCUT2D eigenvalue weighted by atomic mass is 10.1. The van der Waals surface area contributed by atoms with Crippen molar-refractivity contribution in [3.63, 3.8) is 0 Å². The van der Waals surface area contributed by atoms with E-state index in [9.17, 15) is 18.0 Å². The van der Waals surface area contributed by atoms with Crippen LogP contribution in [0.15, 0.2) is 83.8 Å². The van der Waals surface area contributed by atoms with Gasteiger partial charge in [-0.25, -0.2) is 8.42 Å². The van der Waals surface area contributed by atoms with Gasteiger partial charge in [0.2, 0.25) is 11.8 Å². The van der Waals surface area contributed by atoms with Crippen molar-refractivity contribution >= 4 is 27.5 Å². The van der Waals surface area contributed by atoms with E-state index in [0.29, 0.717) is 18.0 Å². The number of hydrogen-bond donors (Lipinski definition) is 1. The summed E-state index contributed by atoms with van der Waals surface area (Å²) in [6.07, 6.45) is 0. The van der Waals surface area contributed by atoms with Gasteiger partial charge < -0.3 is 15.0 Å². The van der Waals surface area contributed by atoms with Crippen LogP contribution in [-0.2, 0) is 26.2 Å². The average Bonchev–Trinajstić information content (AvgIpc) is 2.94. The largest absolute Gasteiger partial charge is 0.497 e. The molecule has 0 bridgehead atoms. The van der Waals surface area contributed by atoms with Crippen molar-refractivity contribution in [3.8, 4) is 5.75 Å². The van der Waals surface area contributed by atoms with Crippen LogP contribution in [0.4, 0.5) is 5.69 Å². The Labute approximate surface area is 231 Å². The summed E-state index contributed by atoms with van der Waals surface area (Å²) < 4.78 is 33.8. The van der Waals surface area contributed by atoms with Gasteiger partial charge in [0.1, 0.15) is 18.3 Å². The third-order valence-corrected chi connectivity index (χ3v) is 8.08. The van der Waals surface area contributed by atoms with Crippen molar-refractivity contribution in [2.75, 3.05) is 24.5 Å². The normalized spacial score (nSPS) is 12.1. The maximum absolute atomic E-state index is 13.9. The second-order valence-electron chi connectivity index (χ2n) is 9.84. The van der Waals surface area contributed by atoms with Crippen molar-refractivity contribution < 1.29 is 22.7 Å². The standard InChI is InChI=1S/C30H37N3O5S/c1-22(2)19-31-30(35)24(4)32(20-25-13-11-23(3)12-14-25)29(34)21-33(26-15-17-27(38-5)18-16-26)39(36,37)28-9-7-6-8-10-28/h6-18,22,24H,19-21H2,1-5H3,(H,31,35)/t24-/m1/s1. The first-order chi connectivity index (χ1) is 18.5. The number of nitrogens with zero attached hydrogens (tertiary/aromatic N) is 2. The monoisotopic (exact) mass is 551 g/mol. The molecule has 3 aromatic carbocycles. The molecule has 8 nitrogen and oxygen atoms in total. The molecule has 39 heavy (non-hydrogen) atoms. The average molecular weight is 552 g/mol. The van der Waals surface area contributed by atoms with E-state index in [-0.39, 0.29) is 23.3 Å². The minimum Gasteiger partial charge on any atom is -0.497 e. The first-order valence-corrected chi connectivity index (χ1v) is 14.3. The van der Waals surface area contributed by atoms with Gasteiger partial charge in [0.05, 0.1) is 17.7 Å². The summed E-state index contributed by atoms with van der Waals surface area (Å²) in [7, 11) is -2.58. The van der Waals surface area contributed by atoms with Crippen molar-refractivity contribution in [2.45, 2.75) is 45.2 Å². The zero-order valence-electron chi connectivity index (χ0n) is 23.1. The topological polar surface area (TPSA) is 96.0 Å². The molecule has 0 unspecified atom stereocenters. The number of anilines is 1. The number of amides is 2. The number of methoxy groups -OCH3 is 1. The van der Waals surface area contributed by atoms with Crippen LogP contribution in [0, 0.1) is 12.8 Å². The van der Waals surface area contributed by atoms with Crippen LogP contribution in [0.25, 0.3) is 0 Å². The molecule has 1 atom stereocenters. The zero-order valence-corrected chi connectivity index (χ0v) is 23.9. The highest BCUT2D eigenvalue weighted by Gasteiger charge is 2.32. The Morgan fingerprint density at radius 2 is 1.51 bits per heavy atom. The fourth-order valence-electron chi connectivity index (χ4n) is 3.92. The van der Waals surface area contributed by atoms with Crippen molar-refractivity contribution in [3.05, 3.63) is 90.0 Å². The van der Waals surface area contributed by atoms with Gasteiger partial charge in [-0.15, -0.1) is 0 Å². The third kappa shape index (κ3) is 7.83. The second kappa shape index (κ2) is 13.3. The molecule has 0 aliphatic heterocycles. The number of aryl methyl sites for hydroxylation is 1. The molecular formula is C30H37N3O5S. The van der Waals surface area contributed by atoms with E-state index in [1.54, 1.807) is 49.4 Å². The highest BCUT2D eigenvalue weighted by atomic mass is 32.2. The molecule has 3 aromatic rings. The number of rotatable bonds is 12. The Morgan fingerprint density at radius 3 is 2.08 bits per heavy atom. The summed E-state index contributed by atoms with van der Waals surface area (Å²) in [5, 5.41) is 2.89. The number of carbonyl (C=O) groups is 2. The minimum absolute atomic E-state index is 0.0569. The van der Waals surface area contributed by atoms with Gasteiger partial charge in [0.15, 0.2) is 0 Å². The van der Waals surface area contributed by atoms with Gasteiger partial charge in [0.25, 0.3) is 10.0 Å². The summed E-state index contributed by atoms with van der Waals surface area (Å²) in [6.45, 7) is 7.73. The lowest BCUT2D eigenvalue weighted by Gasteiger charge is -2.32. The highest BCUT2D eigenvalue weighted by Crippen LogP contribution is 2.26. The van der Waals surface area contributed by atoms with Gasteiger partial charge in [-0.3, -0.25) is 13.9 Å². The van der Waals surface area contributed by atoms with Crippen molar-refractivity contribution in [1.29, 1.82) is 0 Å². The summed E-state index contributed by atoms with van der Waals surface area (Å²) in [4.78, 5) is 28.4. The Bertz CT molecular complexity index is 1340. The molecule has 3 rings (SSSR count). The SMILES string of the molecule is COc1ccc(N(CC(=O)N(Cc2ccc(C)cc2)[C@H](C)C(=O)NCC(C)C)S(=O)(=O)c2ccccc2)cc1.